The van der Waals surface area contributed by atoms with Gasteiger partial charge in [-0.3, -0.25) is 19.3 Å². The summed E-state index contributed by atoms with van der Waals surface area (Å²) in [5, 5.41) is 2.85. The molecule has 3 amide bonds. The number of nitrogens with zero attached hydrogens (tertiary/aromatic N) is 1. The first-order chi connectivity index (χ1) is 11.4. The first-order valence-corrected chi connectivity index (χ1v) is 8.26. The molecule has 1 fully saturated rings. The molecule has 1 saturated heterocycles. The van der Waals surface area contributed by atoms with Crippen molar-refractivity contribution in [2.24, 2.45) is 11.8 Å². The van der Waals surface area contributed by atoms with Gasteiger partial charge in [-0.25, -0.2) is 0 Å². The number of amides is 3. The molecular weight excluding hydrogens is 304 g/mol. The summed E-state index contributed by atoms with van der Waals surface area (Å²) >= 11 is 0. The van der Waals surface area contributed by atoms with Gasteiger partial charge in [0.1, 0.15) is 6.54 Å². The quantitative estimate of drug-likeness (QED) is 0.685. The number of anilines is 1. The second kappa shape index (κ2) is 6.23. The first kappa shape index (κ1) is 16.4. The van der Waals surface area contributed by atoms with E-state index in [9.17, 15) is 14.4 Å². The Bertz CT molecular complexity index is 702. The Kier molecular flexibility index (Phi) is 4.26. The molecule has 0 saturated carbocycles. The molecule has 1 aromatic rings. The van der Waals surface area contributed by atoms with E-state index in [1.54, 1.807) is 0 Å². The summed E-state index contributed by atoms with van der Waals surface area (Å²) in [6.45, 7) is 5.66. The predicted octanol–water partition coefficient (Wildman–Crippen LogP) is 2.50. The molecule has 0 aromatic heterocycles. The molecule has 0 bridgehead atoms. The van der Waals surface area contributed by atoms with E-state index < -0.39 is 0 Å². The molecule has 2 aliphatic rings. The van der Waals surface area contributed by atoms with Crippen LogP contribution in [0.2, 0.25) is 0 Å². The number of imide groups is 1. The van der Waals surface area contributed by atoms with Gasteiger partial charge in [0.25, 0.3) is 0 Å². The molecule has 1 aliphatic carbocycles. The zero-order chi connectivity index (χ0) is 17.4. The number of benzene rings is 1. The van der Waals surface area contributed by atoms with Crippen LogP contribution >= 0.6 is 0 Å². The lowest BCUT2D eigenvalue weighted by Crippen LogP contribution is -2.38. The van der Waals surface area contributed by atoms with Crippen molar-refractivity contribution in [1.29, 1.82) is 0 Å². The van der Waals surface area contributed by atoms with Crippen LogP contribution in [0, 0.1) is 32.6 Å². The van der Waals surface area contributed by atoms with E-state index in [4.69, 9.17) is 0 Å². The van der Waals surface area contributed by atoms with Crippen LogP contribution in [-0.4, -0.2) is 29.2 Å². The van der Waals surface area contributed by atoms with Crippen molar-refractivity contribution in [2.45, 2.75) is 33.6 Å². The van der Waals surface area contributed by atoms with Gasteiger partial charge in [0.15, 0.2) is 0 Å². The zero-order valence-electron chi connectivity index (χ0n) is 14.3. The van der Waals surface area contributed by atoms with Gasteiger partial charge in [0, 0.05) is 5.69 Å². The molecule has 5 nitrogen and oxygen atoms in total. The highest BCUT2D eigenvalue weighted by Gasteiger charge is 2.47. The van der Waals surface area contributed by atoms with Crippen molar-refractivity contribution < 1.29 is 14.4 Å². The third-order valence-electron chi connectivity index (χ3n) is 4.84. The Labute approximate surface area is 141 Å². The normalized spacial score (nSPS) is 22.7. The summed E-state index contributed by atoms with van der Waals surface area (Å²) in [6.07, 6.45) is 5.05. The zero-order valence-corrected chi connectivity index (χ0v) is 14.3. The van der Waals surface area contributed by atoms with Crippen molar-refractivity contribution in [3.8, 4) is 0 Å². The molecule has 1 aliphatic heterocycles. The van der Waals surface area contributed by atoms with Crippen LogP contribution in [0.15, 0.2) is 24.3 Å². The average molecular weight is 326 g/mol. The largest absolute Gasteiger partial charge is 0.324 e. The molecule has 1 N–H and O–H groups in total. The van der Waals surface area contributed by atoms with Gasteiger partial charge in [-0.1, -0.05) is 29.8 Å². The summed E-state index contributed by atoms with van der Waals surface area (Å²) in [5.74, 6) is -1.36. The minimum absolute atomic E-state index is 0.211. The molecule has 0 spiro atoms. The second-order valence-electron chi connectivity index (χ2n) is 6.74. The standard InChI is InChI=1S/C19H22N2O3/c1-11-8-12(2)17(13(3)9-11)20-16(22)10-21-18(23)14-6-4-5-7-15(14)19(21)24/h4-5,8-9,14-15H,6-7,10H2,1-3H3,(H,20,22)/t14-,15-/m1/s1. The fourth-order valence-corrected chi connectivity index (χ4v) is 3.72. The minimum atomic E-state index is -0.335. The highest BCUT2D eigenvalue weighted by atomic mass is 16.2. The number of hydrogen-bond donors (Lipinski definition) is 1. The number of aryl methyl sites for hydroxylation is 3. The highest BCUT2D eigenvalue weighted by molar-refractivity contribution is 6.09. The van der Waals surface area contributed by atoms with Gasteiger partial charge in [0.2, 0.25) is 17.7 Å². The number of fused-ring (bicyclic) bond motifs is 1. The molecule has 0 unspecified atom stereocenters. The Morgan fingerprint density at radius 3 is 2.04 bits per heavy atom. The Morgan fingerprint density at radius 2 is 1.54 bits per heavy atom. The molecule has 2 atom stereocenters. The minimum Gasteiger partial charge on any atom is -0.324 e. The van der Waals surface area contributed by atoms with Crippen molar-refractivity contribution in [2.75, 3.05) is 11.9 Å². The third kappa shape index (κ3) is 2.86. The number of rotatable bonds is 3. The summed E-state index contributed by atoms with van der Waals surface area (Å²) in [4.78, 5) is 38.3. The van der Waals surface area contributed by atoms with Crippen LogP contribution in [0.5, 0.6) is 0 Å². The third-order valence-corrected chi connectivity index (χ3v) is 4.84. The maximum absolute atomic E-state index is 12.4. The maximum Gasteiger partial charge on any atom is 0.244 e. The Balaban J connectivity index is 1.72. The average Bonchev–Trinajstić information content (AvgIpc) is 2.76. The lowest BCUT2D eigenvalue weighted by molar-refractivity contribution is -0.142. The number of likely N-dealkylation sites (tertiary alicyclic amines) is 1. The number of allylic oxidation sites excluding steroid dienone is 2. The summed E-state index contributed by atoms with van der Waals surface area (Å²) in [6, 6.07) is 3.99. The van der Waals surface area contributed by atoms with E-state index in [1.807, 2.05) is 45.1 Å². The predicted molar refractivity (Wildman–Crippen MR) is 91.4 cm³/mol. The molecule has 1 heterocycles. The fraction of sp³-hybridized carbons (Fsp3) is 0.421. The molecule has 126 valence electrons. The summed E-state index contributed by atoms with van der Waals surface area (Å²) in [7, 11) is 0. The van der Waals surface area contributed by atoms with E-state index in [2.05, 4.69) is 5.32 Å². The van der Waals surface area contributed by atoms with Gasteiger partial charge in [-0.15, -0.1) is 0 Å². The van der Waals surface area contributed by atoms with Crippen LogP contribution in [0.1, 0.15) is 29.5 Å². The summed E-state index contributed by atoms with van der Waals surface area (Å²) < 4.78 is 0. The topological polar surface area (TPSA) is 66.5 Å². The van der Waals surface area contributed by atoms with E-state index in [0.717, 1.165) is 27.3 Å². The van der Waals surface area contributed by atoms with Crippen molar-refractivity contribution >= 4 is 23.4 Å². The monoisotopic (exact) mass is 326 g/mol. The number of carbonyl (C=O) groups is 3. The Morgan fingerprint density at radius 1 is 1.04 bits per heavy atom. The van der Waals surface area contributed by atoms with Gasteiger partial charge in [-0.2, -0.15) is 0 Å². The van der Waals surface area contributed by atoms with Gasteiger partial charge in [0.05, 0.1) is 11.8 Å². The van der Waals surface area contributed by atoms with Crippen molar-refractivity contribution in [1.82, 2.24) is 4.90 Å². The van der Waals surface area contributed by atoms with E-state index >= 15 is 0 Å². The highest BCUT2D eigenvalue weighted by Crippen LogP contribution is 2.35. The van der Waals surface area contributed by atoms with Gasteiger partial charge in [-0.05, 0) is 44.7 Å². The SMILES string of the molecule is Cc1cc(C)c(NC(=O)CN2C(=O)[C@@H]3CC=CC[C@H]3C2=O)c(C)c1. The Hall–Kier alpha value is -2.43. The van der Waals surface area contributed by atoms with E-state index in [-0.39, 0.29) is 36.1 Å². The molecule has 1 aromatic carbocycles. The lowest BCUT2D eigenvalue weighted by Gasteiger charge is -2.17. The van der Waals surface area contributed by atoms with Gasteiger partial charge >= 0.3 is 0 Å². The summed E-state index contributed by atoms with van der Waals surface area (Å²) in [5.41, 5.74) is 3.82. The lowest BCUT2D eigenvalue weighted by atomic mass is 9.85. The number of carbonyl (C=O) groups excluding carboxylic acids is 3. The van der Waals surface area contributed by atoms with Crippen molar-refractivity contribution in [3.05, 3.63) is 41.0 Å². The second-order valence-corrected chi connectivity index (χ2v) is 6.74. The van der Waals surface area contributed by atoms with Crippen LogP contribution < -0.4 is 5.32 Å². The molecule has 5 heteroatoms. The molecule has 3 rings (SSSR count). The van der Waals surface area contributed by atoms with Crippen LogP contribution in [0.3, 0.4) is 0 Å². The van der Waals surface area contributed by atoms with Crippen LogP contribution in [0.4, 0.5) is 5.69 Å². The molecule has 24 heavy (non-hydrogen) atoms. The molecule has 0 radical (unpaired) electrons. The molecular formula is C19H22N2O3. The van der Waals surface area contributed by atoms with Crippen LogP contribution in [-0.2, 0) is 14.4 Å². The maximum atomic E-state index is 12.4. The van der Waals surface area contributed by atoms with Crippen LogP contribution in [0.25, 0.3) is 0 Å². The van der Waals surface area contributed by atoms with E-state index in [0.29, 0.717) is 12.8 Å². The van der Waals surface area contributed by atoms with Gasteiger partial charge < -0.3 is 5.32 Å². The smallest absolute Gasteiger partial charge is 0.244 e. The number of nitrogens with one attached hydrogen (secondary N) is 1. The first-order valence-electron chi connectivity index (χ1n) is 8.26. The van der Waals surface area contributed by atoms with E-state index in [1.165, 1.54) is 0 Å². The van der Waals surface area contributed by atoms with Crippen molar-refractivity contribution in [3.63, 3.8) is 0 Å². The fourth-order valence-electron chi connectivity index (χ4n) is 3.72. The number of hydrogen-bond acceptors (Lipinski definition) is 3.